The summed E-state index contributed by atoms with van der Waals surface area (Å²) in [6.45, 7) is 2.44. The molecule has 0 aliphatic heterocycles. The van der Waals surface area contributed by atoms with E-state index in [1.165, 1.54) is 7.11 Å². The van der Waals surface area contributed by atoms with Crippen LogP contribution in [0.1, 0.15) is 12.5 Å². The van der Waals surface area contributed by atoms with Gasteiger partial charge in [0.25, 0.3) is 5.91 Å². The summed E-state index contributed by atoms with van der Waals surface area (Å²) in [6, 6.07) is 11.7. The van der Waals surface area contributed by atoms with E-state index < -0.39 is 6.09 Å². The molecule has 2 rings (SSSR count). The molecule has 2 aromatic carbocycles. The van der Waals surface area contributed by atoms with E-state index in [2.05, 4.69) is 16.1 Å². The molecule has 0 aliphatic carbocycles. The summed E-state index contributed by atoms with van der Waals surface area (Å²) in [4.78, 5) is 24.1. The number of benzene rings is 2. The van der Waals surface area contributed by atoms with Crippen molar-refractivity contribution in [2.24, 2.45) is 0 Å². The zero-order valence-electron chi connectivity index (χ0n) is 14.4. The Hall–Kier alpha value is -2.60. The minimum atomic E-state index is -0.737. The number of fused-ring (bicyclic) bond motifs is 1. The molecule has 0 radical (unpaired) electrons. The molecule has 0 heterocycles. The van der Waals surface area contributed by atoms with Crippen LogP contribution in [-0.4, -0.2) is 39.3 Å². The topological polar surface area (TPSA) is 69.1 Å². The van der Waals surface area contributed by atoms with Crippen molar-refractivity contribution in [3.8, 4) is 5.75 Å². The first kappa shape index (κ1) is 17.7. The number of carbonyl (C=O) groups excluding carboxylic acids is 2. The van der Waals surface area contributed by atoms with Gasteiger partial charge >= 0.3 is 6.09 Å². The number of alkyl carbamates (subject to hydrolysis) is 1. The molecule has 1 unspecified atom stereocenters. The monoisotopic (exact) mass is 331 g/mol. The van der Waals surface area contributed by atoms with Gasteiger partial charge < -0.3 is 14.4 Å². The van der Waals surface area contributed by atoms with Crippen molar-refractivity contribution in [3.05, 3.63) is 42.0 Å². The van der Waals surface area contributed by atoms with E-state index in [0.717, 1.165) is 27.0 Å². The molecule has 0 saturated carbocycles. The van der Waals surface area contributed by atoms with Gasteiger partial charge in [-0.1, -0.05) is 18.2 Å². The first-order valence-electron chi connectivity index (χ1n) is 7.72. The summed E-state index contributed by atoms with van der Waals surface area (Å²) in [5.41, 5.74) is 1.11. The summed E-state index contributed by atoms with van der Waals surface area (Å²) < 4.78 is 9.68. The number of ether oxygens (including phenoxy) is 2. The Labute approximate surface area is 141 Å². The predicted molar refractivity (Wildman–Crippen MR) is 91.1 cm³/mol. The third-order valence-corrected chi connectivity index (χ3v) is 4.14. The fraction of sp³-hybridized carbons (Fsp3) is 0.333. The van der Waals surface area contributed by atoms with Gasteiger partial charge in [-0.3, -0.25) is 10.1 Å². The molecule has 6 heteroatoms. The molecule has 2 atom stereocenters. The van der Waals surface area contributed by atoms with Crippen molar-refractivity contribution in [1.29, 1.82) is 0 Å². The maximum atomic E-state index is 12.0. The second-order valence-corrected chi connectivity index (χ2v) is 5.77. The van der Waals surface area contributed by atoms with E-state index in [-0.39, 0.29) is 11.9 Å². The number of methoxy groups -OCH3 is 2. The average molecular weight is 331 g/mol. The van der Waals surface area contributed by atoms with Crippen molar-refractivity contribution < 1.29 is 24.0 Å². The van der Waals surface area contributed by atoms with E-state index in [1.807, 2.05) is 37.4 Å². The Morgan fingerprint density at radius 1 is 1.12 bits per heavy atom. The standard InChI is InChI=1S/C18H22N2O4/c1-12(17(21)19-18(22)24-4)20(2)11-13-5-6-15-10-16(23-3)8-7-14(15)9-13/h5-10,12H,11H2,1-4H3,(H,19,21,22)/p+1/t12-/m1/s1. The molecule has 0 spiro atoms. The minimum Gasteiger partial charge on any atom is -0.497 e. The first-order chi connectivity index (χ1) is 11.4. The quantitative estimate of drug-likeness (QED) is 0.862. The normalized spacial score (nSPS) is 13.2. The Morgan fingerprint density at radius 3 is 2.46 bits per heavy atom. The van der Waals surface area contributed by atoms with Crippen LogP contribution in [0.25, 0.3) is 10.8 Å². The van der Waals surface area contributed by atoms with E-state index in [1.54, 1.807) is 14.0 Å². The van der Waals surface area contributed by atoms with Gasteiger partial charge in [0.15, 0.2) is 6.04 Å². The molecule has 0 saturated heterocycles. The maximum absolute atomic E-state index is 12.0. The van der Waals surface area contributed by atoms with Crippen LogP contribution in [0.15, 0.2) is 36.4 Å². The fourth-order valence-electron chi connectivity index (χ4n) is 2.47. The first-order valence-corrected chi connectivity index (χ1v) is 7.72. The molecule has 2 amide bonds. The molecule has 2 aromatic rings. The Balaban J connectivity index is 2.08. The average Bonchev–Trinajstić information content (AvgIpc) is 2.60. The van der Waals surface area contributed by atoms with Crippen molar-refractivity contribution >= 4 is 22.8 Å². The molecular weight excluding hydrogens is 308 g/mol. The lowest BCUT2D eigenvalue weighted by molar-refractivity contribution is -0.908. The zero-order valence-corrected chi connectivity index (χ0v) is 14.4. The second-order valence-electron chi connectivity index (χ2n) is 5.77. The van der Waals surface area contributed by atoms with E-state index >= 15 is 0 Å². The fourth-order valence-corrected chi connectivity index (χ4v) is 2.47. The third kappa shape index (κ3) is 4.23. The van der Waals surface area contributed by atoms with Gasteiger partial charge in [0.05, 0.1) is 21.3 Å². The van der Waals surface area contributed by atoms with Crippen LogP contribution in [0.5, 0.6) is 5.75 Å². The lowest BCUT2D eigenvalue weighted by Crippen LogP contribution is -3.12. The maximum Gasteiger partial charge on any atom is 0.413 e. The number of rotatable bonds is 5. The van der Waals surface area contributed by atoms with Crippen molar-refractivity contribution in [2.45, 2.75) is 19.5 Å². The lowest BCUT2D eigenvalue weighted by atomic mass is 10.1. The van der Waals surface area contributed by atoms with Crippen molar-refractivity contribution in [2.75, 3.05) is 21.3 Å². The summed E-state index contributed by atoms with van der Waals surface area (Å²) in [7, 11) is 4.79. The Morgan fingerprint density at radius 2 is 1.79 bits per heavy atom. The molecule has 2 N–H and O–H groups in total. The third-order valence-electron chi connectivity index (χ3n) is 4.14. The van der Waals surface area contributed by atoms with E-state index in [4.69, 9.17) is 4.74 Å². The molecule has 0 fully saturated rings. The minimum absolute atomic E-state index is 0.357. The second kappa shape index (κ2) is 7.79. The number of likely N-dealkylation sites (N-methyl/N-ethyl adjacent to an activating group) is 1. The molecule has 6 nitrogen and oxygen atoms in total. The van der Waals surface area contributed by atoms with E-state index in [9.17, 15) is 9.59 Å². The number of amides is 2. The highest BCUT2D eigenvalue weighted by Crippen LogP contribution is 2.21. The van der Waals surface area contributed by atoms with Crippen LogP contribution in [-0.2, 0) is 16.1 Å². The summed E-state index contributed by atoms with van der Waals surface area (Å²) in [5.74, 6) is 0.468. The van der Waals surface area contributed by atoms with Crippen molar-refractivity contribution in [3.63, 3.8) is 0 Å². The van der Waals surface area contributed by atoms with Crippen LogP contribution in [0, 0.1) is 0 Å². The van der Waals surface area contributed by atoms with Crippen LogP contribution in [0.3, 0.4) is 0 Å². The highest BCUT2D eigenvalue weighted by Gasteiger charge is 2.23. The molecular formula is C18H23N2O4+. The number of quaternary nitrogens is 1. The summed E-state index contributed by atoms with van der Waals surface area (Å²) in [5, 5.41) is 4.43. The van der Waals surface area contributed by atoms with Crippen LogP contribution < -0.4 is 15.0 Å². The number of nitrogens with one attached hydrogen (secondary N) is 2. The molecule has 0 aromatic heterocycles. The van der Waals surface area contributed by atoms with Gasteiger partial charge in [-0.05, 0) is 35.9 Å². The van der Waals surface area contributed by atoms with Gasteiger partial charge in [-0.25, -0.2) is 4.79 Å². The molecule has 0 aliphatic rings. The smallest absolute Gasteiger partial charge is 0.413 e. The largest absolute Gasteiger partial charge is 0.497 e. The zero-order chi connectivity index (χ0) is 17.7. The highest BCUT2D eigenvalue weighted by molar-refractivity contribution is 5.93. The summed E-state index contributed by atoms with van der Waals surface area (Å²) >= 11 is 0. The SMILES string of the molecule is COC(=O)NC(=O)[C@@H](C)[NH+](C)Cc1ccc2cc(OC)ccc2c1. The number of hydrogen-bond acceptors (Lipinski definition) is 4. The van der Waals surface area contributed by atoms with Gasteiger partial charge in [-0.15, -0.1) is 0 Å². The van der Waals surface area contributed by atoms with Gasteiger partial charge in [0, 0.05) is 5.56 Å². The molecule has 128 valence electrons. The van der Waals surface area contributed by atoms with Crippen LogP contribution in [0.4, 0.5) is 4.79 Å². The van der Waals surface area contributed by atoms with Crippen LogP contribution in [0.2, 0.25) is 0 Å². The molecule has 24 heavy (non-hydrogen) atoms. The number of hydrogen-bond donors (Lipinski definition) is 2. The lowest BCUT2D eigenvalue weighted by Gasteiger charge is -2.20. The van der Waals surface area contributed by atoms with Gasteiger partial charge in [0.1, 0.15) is 12.3 Å². The van der Waals surface area contributed by atoms with Crippen LogP contribution >= 0.6 is 0 Å². The number of carbonyl (C=O) groups is 2. The van der Waals surface area contributed by atoms with Gasteiger partial charge in [0.2, 0.25) is 0 Å². The Bertz CT molecular complexity index is 745. The predicted octanol–water partition coefficient (Wildman–Crippen LogP) is 1.13. The molecule has 0 bridgehead atoms. The summed E-state index contributed by atoms with van der Waals surface area (Å²) in [6.07, 6.45) is -0.737. The van der Waals surface area contributed by atoms with Crippen molar-refractivity contribution in [1.82, 2.24) is 5.32 Å². The number of imide groups is 1. The van der Waals surface area contributed by atoms with Gasteiger partial charge in [-0.2, -0.15) is 0 Å². The Kier molecular flexibility index (Phi) is 5.76. The van der Waals surface area contributed by atoms with E-state index in [0.29, 0.717) is 6.54 Å². The highest BCUT2D eigenvalue weighted by atomic mass is 16.5.